The molecule has 4 rings (SSSR count). The van der Waals surface area contributed by atoms with Crippen molar-refractivity contribution in [2.24, 2.45) is 0 Å². The van der Waals surface area contributed by atoms with Crippen LogP contribution >= 0.6 is 0 Å². The first-order valence-electron chi connectivity index (χ1n) is 8.77. The predicted molar refractivity (Wildman–Crippen MR) is 98.0 cm³/mol. The van der Waals surface area contributed by atoms with Crippen LogP contribution in [0.4, 0.5) is 14.5 Å². The van der Waals surface area contributed by atoms with Crippen molar-refractivity contribution >= 4 is 16.7 Å². The number of nitrogens with one attached hydrogen (secondary N) is 2. The molecule has 6 nitrogen and oxygen atoms in total. The van der Waals surface area contributed by atoms with Gasteiger partial charge in [0.25, 0.3) is 6.43 Å². The lowest BCUT2D eigenvalue weighted by Gasteiger charge is -2.19. The Morgan fingerprint density at radius 3 is 2.81 bits per heavy atom. The summed E-state index contributed by atoms with van der Waals surface area (Å²) >= 11 is 0. The van der Waals surface area contributed by atoms with Gasteiger partial charge < -0.3 is 15.4 Å². The summed E-state index contributed by atoms with van der Waals surface area (Å²) in [5.74, 6) is 0.175. The zero-order chi connectivity index (χ0) is 18.6. The van der Waals surface area contributed by atoms with Crippen molar-refractivity contribution in [2.45, 2.75) is 25.5 Å². The molecule has 1 unspecified atom stereocenters. The van der Waals surface area contributed by atoms with E-state index in [1.165, 1.54) is 12.4 Å². The molecule has 0 amide bonds. The summed E-state index contributed by atoms with van der Waals surface area (Å²) in [6, 6.07) is 5.73. The molecule has 0 saturated carbocycles. The van der Waals surface area contributed by atoms with Crippen LogP contribution in [0.5, 0.6) is 5.75 Å². The first-order chi connectivity index (χ1) is 13.2. The second kappa shape index (κ2) is 7.79. The third-order valence-corrected chi connectivity index (χ3v) is 4.48. The van der Waals surface area contributed by atoms with Gasteiger partial charge in [0, 0.05) is 31.7 Å². The number of hydrogen-bond acceptors (Lipinski definition) is 6. The number of hydrogen-bond donors (Lipinski definition) is 2. The second-order valence-electron chi connectivity index (χ2n) is 6.37. The summed E-state index contributed by atoms with van der Waals surface area (Å²) in [5, 5.41) is 6.35. The molecule has 27 heavy (non-hydrogen) atoms. The number of alkyl halides is 2. The lowest BCUT2D eigenvalue weighted by atomic mass is 10.1. The molecule has 3 aromatic rings. The van der Waals surface area contributed by atoms with Gasteiger partial charge in [-0.25, -0.2) is 8.78 Å². The molecule has 1 fully saturated rings. The number of pyridine rings is 1. The Morgan fingerprint density at radius 2 is 2.04 bits per heavy atom. The van der Waals surface area contributed by atoms with Crippen molar-refractivity contribution in [3.05, 3.63) is 54.1 Å². The minimum absolute atomic E-state index is 0.124. The van der Waals surface area contributed by atoms with Crippen molar-refractivity contribution < 1.29 is 13.5 Å². The fraction of sp³-hybridized carbons (Fsp3) is 0.316. The van der Waals surface area contributed by atoms with Crippen LogP contribution in [0.2, 0.25) is 0 Å². The van der Waals surface area contributed by atoms with Gasteiger partial charge in [-0.2, -0.15) is 0 Å². The topological polar surface area (TPSA) is 72.0 Å². The number of anilines is 1. The van der Waals surface area contributed by atoms with E-state index in [2.05, 4.69) is 25.6 Å². The largest absolute Gasteiger partial charge is 0.486 e. The Balaban J connectivity index is 1.57. The number of halogens is 2. The fourth-order valence-corrected chi connectivity index (χ4v) is 3.09. The number of nitrogens with zero attached hydrogens (tertiary/aromatic N) is 3. The van der Waals surface area contributed by atoms with E-state index in [9.17, 15) is 8.78 Å². The maximum Gasteiger partial charge on any atom is 0.268 e. The number of benzene rings is 1. The van der Waals surface area contributed by atoms with Gasteiger partial charge in [-0.05, 0) is 30.7 Å². The Kier molecular flexibility index (Phi) is 5.06. The quantitative estimate of drug-likeness (QED) is 0.693. The monoisotopic (exact) mass is 371 g/mol. The summed E-state index contributed by atoms with van der Waals surface area (Å²) in [5.41, 5.74) is 2.80. The molecule has 140 valence electrons. The predicted octanol–water partition coefficient (Wildman–Crippen LogP) is 3.32. The van der Waals surface area contributed by atoms with Gasteiger partial charge in [0.15, 0.2) is 5.75 Å². The average molecular weight is 371 g/mol. The first-order valence-corrected chi connectivity index (χ1v) is 8.77. The zero-order valence-corrected chi connectivity index (χ0v) is 14.5. The number of aromatic nitrogens is 3. The molecule has 2 aromatic heterocycles. The minimum atomic E-state index is -2.65. The Hall–Kier alpha value is -2.87. The molecule has 0 bridgehead atoms. The van der Waals surface area contributed by atoms with Gasteiger partial charge in [-0.15, -0.1) is 0 Å². The summed E-state index contributed by atoms with van der Waals surface area (Å²) < 4.78 is 32.8. The van der Waals surface area contributed by atoms with Crippen LogP contribution in [0.15, 0.2) is 43.0 Å². The van der Waals surface area contributed by atoms with Crippen molar-refractivity contribution in [1.82, 2.24) is 20.3 Å². The van der Waals surface area contributed by atoms with Crippen LogP contribution in [0.1, 0.15) is 24.0 Å². The third-order valence-electron chi connectivity index (χ3n) is 4.48. The van der Waals surface area contributed by atoms with Crippen LogP contribution in [0.25, 0.3) is 11.0 Å². The summed E-state index contributed by atoms with van der Waals surface area (Å²) in [7, 11) is 0. The number of rotatable bonds is 6. The lowest BCUT2D eigenvalue weighted by molar-refractivity contribution is 0.139. The van der Waals surface area contributed by atoms with E-state index in [1.807, 2.05) is 18.2 Å². The Labute approximate surface area is 155 Å². The summed E-state index contributed by atoms with van der Waals surface area (Å²) in [6.45, 7) is 1.90. The van der Waals surface area contributed by atoms with Crippen LogP contribution in [-0.4, -0.2) is 34.1 Å². The first kappa shape index (κ1) is 17.5. The normalized spacial score (nSPS) is 16.8. The Morgan fingerprint density at radius 1 is 1.19 bits per heavy atom. The van der Waals surface area contributed by atoms with Gasteiger partial charge >= 0.3 is 0 Å². The van der Waals surface area contributed by atoms with E-state index in [-0.39, 0.29) is 17.4 Å². The molecule has 0 radical (unpaired) electrons. The molecule has 2 N–H and O–H groups in total. The van der Waals surface area contributed by atoms with E-state index in [4.69, 9.17) is 4.74 Å². The maximum absolute atomic E-state index is 13.4. The van der Waals surface area contributed by atoms with E-state index < -0.39 is 6.43 Å². The van der Waals surface area contributed by atoms with Gasteiger partial charge in [-0.1, -0.05) is 6.07 Å². The third kappa shape index (κ3) is 3.95. The molecule has 3 heterocycles. The van der Waals surface area contributed by atoms with Crippen LogP contribution in [0, 0.1) is 0 Å². The molecular weight excluding hydrogens is 352 g/mol. The Bertz CT molecular complexity index is 931. The molecule has 0 aliphatic carbocycles. The lowest BCUT2D eigenvalue weighted by Crippen LogP contribution is -2.21. The van der Waals surface area contributed by atoms with Crippen LogP contribution in [0.3, 0.4) is 0 Å². The highest BCUT2D eigenvalue weighted by molar-refractivity contribution is 5.74. The molecule has 8 heteroatoms. The number of fused-ring (bicyclic) bond motifs is 1. The second-order valence-corrected chi connectivity index (χ2v) is 6.37. The average Bonchev–Trinajstić information content (AvgIpc) is 3.20. The van der Waals surface area contributed by atoms with E-state index in [0.717, 1.165) is 29.6 Å². The van der Waals surface area contributed by atoms with Gasteiger partial charge in [0.05, 0.1) is 28.5 Å². The van der Waals surface area contributed by atoms with Gasteiger partial charge in [0.1, 0.15) is 6.10 Å². The van der Waals surface area contributed by atoms with Crippen LogP contribution < -0.4 is 15.4 Å². The minimum Gasteiger partial charge on any atom is -0.486 e. The molecule has 1 aliphatic rings. The summed E-state index contributed by atoms with van der Waals surface area (Å²) in [4.78, 5) is 12.5. The number of ether oxygens (including phenoxy) is 1. The van der Waals surface area contributed by atoms with Crippen LogP contribution in [-0.2, 0) is 6.54 Å². The van der Waals surface area contributed by atoms with Gasteiger partial charge in [0.2, 0.25) is 0 Å². The van der Waals surface area contributed by atoms with E-state index >= 15 is 0 Å². The highest BCUT2D eigenvalue weighted by Crippen LogP contribution is 2.36. The smallest absolute Gasteiger partial charge is 0.268 e. The van der Waals surface area contributed by atoms with Crippen molar-refractivity contribution in [1.29, 1.82) is 0 Å². The molecule has 1 saturated heterocycles. The zero-order valence-electron chi connectivity index (χ0n) is 14.5. The fourth-order valence-electron chi connectivity index (χ4n) is 3.09. The van der Waals surface area contributed by atoms with Crippen molar-refractivity contribution in [2.75, 3.05) is 18.4 Å². The SMILES string of the molecule is FC(F)c1cncc(NCc2ccc3nccnc3c2)c1OC1CCNC1. The van der Waals surface area contributed by atoms with Crippen molar-refractivity contribution in [3.63, 3.8) is 0 Å². The highest BCUT2D eigenvalue weighted by Gasteiger charge is 2.23. The molecule has 1 atom stereocenters. The van der Waals surface area contributed by atoms with Crippen molar-refractivity contribution in [3.8, 4) is 5.75 Å². The molecule has 1 aromatic carbocycles. The standard InChI is InChI=1S/C19H19F2N5O/c20-19(21)14-10-23-11-17(18(14)27-13-3-4-22-9-13)26-8-12-1-2-15-16(7-12)25-6-5-24-15/h1-2,5-7,10-11,13,19,22,26H,3-4,8-9H2. The molecule has 0 spiro atoms. The van der Waals surface area contributed by atoms with E-state index in [0.29, 0.717) is 18.8 Å². The van der Waals surface area contributed by atoms with E-state index in [1.54, 1.807) is 12.4 Å². The molecular formula is C19H19F2N5O. The highest BCUT2D eigenvalue weighted by atomic mass is 19.3. The summed E-state index contributed by atoms with van der Waals surface area (Å²) in [6.07, 6.45) is 3.97. The molecule has 1 aliphatic heterocycles. The maximum atomic E-state index is 13.4. The van der Waals surface area contributed by atoms with Gasteiger partial charge in [-0.3, -0.25) is 15.0 Å².